The van der Waals surface area contributed by atoms with Gasteiger partial charge in [0, 0.05) is 30.6 Å². The van der Waals surface area contributed by atoms with Crippen molar-refractivity contribution in [3.63, 3.8) is 0 Å². The summed E-state index contributed by atoms with van der Waals surface area (Å²) in [6.45, 7) is 3.57. The highest BCUT2D eigenvalue weighted by molar-refractivity contribution is 7.92. The molecule has 1 atom stereocenters. The van der Waals surface area contributed by atoms with E-state index in [9.17, 15) is 18.0 Å². The smallest absolute Gasteiger partial charge is 0.264 e. The Hall–Kier alpha value is -4.54. The van der Waals surface area contributed by atoms with Crippen LogP contribution < -0.4 is 19.1 Å². The third kappa shape index (κ3) is 8.84. The third-order valence-corrected chi connectivity index (χ3v) is 9.82. The molecule has 2 amide bonds. The van der Waals surface area contributed by atoms with E-state index in [0.717, 1.165) is 15.4 Å². The number of hydrogen-bond acceptors (Lipinski definition) is 6. The van der Waals surface area contributed by atoms with Crippen molar-refractivity contribution in [1.82, 2.24) is 10.2 Å². The Labute approximate surface area is 282 Å². The number of sulfonamides is 1. The summed E-state index contributed by atoms with van der Waals surface area (Å²) in [5.74, 6) is -0.264. The second-order valence-corrected chi connectivity index (χ2v) is 13.2. The molecule has 0 bridgehead atoms. The number of nitrogens with one attached hydrogen (secondary N) is 1. The summed E-state index contributed by atoms with van der Waals surface area (Å²) in [5.41, 5.74) is 2.52. The maximum Gasteiger partial charge on any atom is 0.264 e. The largest absolute Gasteiger partial charge is 0.493 e. The molecule has 47 heavy (non-hydrogen) atoms. The number of nitrogens with zero attached hydrogens (tertiary/aromatic N) is 2. The highest BCUT2D eigenvalue weighted by Gasteiger charge is 2.35. The molecule has 0 aliphatic carbocycles. The lowest BCUT2D eigenvalue weighted by atomic mass is 10.0. The minimum atomic E-state index is -4.28. The maximum absolute atomic E-state index is 14.6. The monoisotopic (exact) mass is 677 g/mol. The molecular formula is C36H40ClN3O6S. The Morgan fingerprint density at radius 2 is 1.53 bits per heavy atom. The minimum absolute atomic E-state index is 0.00450. The minimum Gasteiger partial charge on any atom is -0.493 e. The SMILES string of the molecule is CCCNC(=O)C(Cc1ccccc1)N(Cc1ccccc1Cl)C(=O)CN(c1ccc(OC)c(OC)c1)S(=O)(=O)c1ccc(C)cc1. The molecule has 0 aromatic heterocycles. The number of methoxy groups -OCH3 is 2. The van der Waals surface area contributed by atoms with Gasteiger partial charge in [0.2, 0.25) is 11.8 Å². The average Bonchev–Trinajstić information content (AvgIpc) is 3.08. The van der Waals surface area contributed by atoms with Gasteiger partial charge >= 0.3 is 0 Å². The van der Waals surface area contributed by atoms with Gasteiger partial charge in [-0.15, -0.1) is 0 Å². The van der Waals surface area contributed by atoms with E-state index in [-0.39, 0.29) is 35.2 Å². The number of rotatable bonds is 15. The average molecular weight is 678 g/mol. The van der Waals surface area contributed by atoms with Crippen molar-refractivity contribution in [2.75, 3.05) is 31.6 Å². The van der Waals surface area contributed by atoms with E-state index in [0.29, 0.717) is 29.3 Å². The van der Waals surface area contributed by atoms with Crippen molar-refractivity contribution in [2.24, 2.45) is 0 Å². The predicted molar refractivity (Wildman–Crippen MR) is 184 cm³/mol. The summed E-state index contributed by atoms with van der Waals surface area (Å²) in [7, 11) is -1.36. The highest BCUT2D eigenvalue weighted by Crippen LogP contribution is 2.34. The van der Waals surface area contributed by atoms with E-state index in [1.165, 1.54) is 37.3 Å². The standard InChI is InChI=1S/C36H40ClN3O6S/c1-5-21-38-36(42)32(22-27-11-7-6-8-12-27)39(24-28-13-9-10-14-31(28)37)35(41)25-40(29-17-20-33(45-3)34(23-29)46-4)47(43,44)30-18-15-26(2)16-19-30/h6-20,23,32H,5,21-22,24-25H2,1-4H3,(H,38,42). The number of carbonyl (C=O) groups excluding carboxylic acids is 2. The molecule has 11 heteroatoms. The predicted octanol–water partition coefficient (Wildman–Crippen LogP) is 6.03. The van der Waals surface area contributed by atoms with Crippen LogP contribution in [0.5, 0.6) is 11.5 Å². The molecule has 1 N–H and O–H groups in total. The molecule has 0 aliphatic rings. The molecule has 0 heterocycles. The highest BCUT2D eigenvalue weighted by atomic mass is 35.5. The van der Waals surface area contributed by atoms with Gasteiger partial charge in [0.25, 0.3) is 10.0 Å². The summed E-state index contributed by atoms with van der Waals surface area (Å²) in [4.78, 5) is 29.8. The number of halogens is 1. The molecule has 4 rings (SSSR count). The molecule has 0 saturated carbocycles. The van der Waals surface area contributed by atoms with Gasteiger partial charge in [0.05, 0.1) is 24.8 Å². The van der Waals surface area contributed by atoms with Crippen LogP contribution in [-0.2, 0) is 32.6 Å². The fourth-order valence-electron chi connectivity index (χ4n) is 5.08. The van der Waals surface area contributed by atoms with Gasteiger partial charge < -0.3 is 19.7 Å². The van der Waals surface area contributed by atoms with Gasteiger partial charge in [-0.1, -0.05) is 84.8 Å². The fourth-order valence-corrected chi connectivity index (χ4v) is 6.68. The molecule has 0 radical (unpaired) electrons. The molecular weight excluding hydrogens is 638 g/mol. The molecule has 4 aromatic carbocycles. The summed E-state index contributed by atoms with van der Waals surface area (Å²) in [6, 6.07) is 26.5. The number of hydrogen-bond donors (Lipinski definition) is 1. The van der Waals surface area contributed by atoms with Gasteiger partial charge in [-0.2, -0.15) is 0 Å². The van der Waals surface area contributed by atoms with Crippen LogP contribution >= 0.6 is 11.6 Å². The van der Waals surface area contributed by atoms with Gasteiger partial charge in [-0.25, -0.2) is 8.42 Å². The van der Waals surface area contributed by atoms with Crippen LogP contribution in [0.15, 0.2) is 102 Å². The number of carbonyl (C=O) groups is 2. The van der Waals surface area contributed by atoms with Crippen LogP contribution in [-0.4, -0.2) is 58.5 Å². The lowest BCUT2D eigenvalue weighted by Gasteiger charge is -2.34. The Morgan fingerprint density at radius 1 is 0.872 bits per heavy atom. The molecule has 1 unspecified atom stereocenters. The van der Waals surface area contributed by atoms with E-state index in [1.807, 2.05) is 44.2 Å². The number of ether oxygens (including phenoxy) is 2. The van der Waals surface area contributed by atoms with Crippen molar-refractivity contribution >= 4 is 39.1 Å². The number of benzene rings is 4. The van der Waals surface area contributed by atoms with Crippen molar-refractivity contribution in [2.45, 2.75) is 44.2 Å². The number of aryl methyl sites for hydroxylation is 1. The Morgan fingerprint density at radius 3 is 2.17 bits per heavy atom. The Kier molecular flexibility index (Phi) is 12.3. The van der Waals surface area contributed by atoms with Gasteiger partial charge in [0.1, 0.15) is 12.6 Å². The van der Waals surface area contributed by atoms with Crippen LogP contribution in [0, 0.1) is 6.92 Å². The summed E-state index contributed by atoms with van der Waals surface area (Å²) in [5, 5.41) is 3.35. The zero-order chi connectivity index (χ0) is 34.0. The lowest BCUT2D eigenvalue weighted by Crippen LogP contribution is -2.53. The number of amides is 2. The first-order chi connectivity index (χ1) is 22.6. The van der Waals surface area contributed by atoms with Crippen LogP contribution in [0.2, 0.25) is 5.02 Å². The van der Waals surface area contributed by atoms with Crippen molar-refractivity contribution in [3.8, 4) is 11.5 Å². The summed E-state index contributed by atoms with van der Waals surface area (Å²) < 4.78 is 40.5. The third-order valence-electron chi connectivity index (χ3n) is 7.66. The molecule has 0 saturated heterocycles. The maximum atomic E-state index is 14.6. The van der Waals surface area contributed by atoms with Crippen LogP contribution in [0.3, 0.4) is 0 Å². The van der Waals surface area contributed by atoms with E-state index in [2.05, 4.69) is 5.32 Å². The molecule has 0 fully saturated rings. The van der Waals surface area contributed by atoms with E-state index in [1.54, 1.807) is 48.5 Å². The molecule has 4 aromatic rings. The first-order valence-electron chi connectivity index (χ1n) is 15.2. The second-order valence-electron chi connectivity index (χ2n) is 11.0. The van der Waals surface area contributed by atoms with E-state index in [4.69, 9.17) is 21.1 Å². The van der Waals surface area contributed by atoms with E-state index >= 15 is 0 Å². The first-order valence-corrected chi connectivity index (χ1v) is 17.1. The van der Waals surface area contributed by atoms with Gasteiger partial charge in [-0.05, 0) is 54.8 Å². The topological polar surface area (TPSA) is 105 Å². The summed E-state index contributed by atoms with van der Waals surface area (Å²) >= 11 is 6.56. The summed E-state index contributed by atoms with van der Waals surface area (Å²) in [6.07, 6.45) is 0.901. The normalized spacial score (nSPS) is 11.8. The Balaban J connectivity index is 1.84. The van der Waals surface area contributed by atoms with Crippen LogP contribution in [0.25, 0.3) is 0 Å². The van der Waals surface area contributed by atoms with Crippen LogP contribution in [0.4, 0.5) is 5.69 Å². The van der Waals surface area contributed by atoms with Crippen molar-refractivity contribution in [3.05, 3.63) is 119 Å². The Bertz CT molecular complexity index is 1770. The fraction of sp³-hybridized carbons (Fsp3) is 0.278. The van der Waals surface area contributed by atoms with Gasteiger partial charge in [-0.3, -0.25) is 13.9 Å². The molecule has 0 spiro atoms. The first kappa shape index (κ1) is 35.3. The zero-order valence-corrected chi connectivity index (χ0v) is 28.6. The van der Waals surface area contributed by atoms with Crippen molar-refractivity contribution < 1.29 is 27.5 Å². The number of anilines is 1. The van der Waals surface area contributed by atoms with Gasteiger partial charge in [0.15, 0.2) is 11.5 Å². The quantitative estimate of drug-likeness (QED) is 0.165. The lowest BCUT2D eigenvalue weighted by molar-refractivity contribution is -0.140. The van der Waals surface area contributed by atoms with Crippen LogP contribution in [0.1, 0.15) is 30.0 Å². The zero-order valence-electron chi connectivity index (χ0n) is 27.0. The molecule has 9 nitrogen and oxygen atoms in total. The van der Waals surface area contributed by atoms with Crippen molar-refractivity contribution in [1.29, 1.82) is 0 Å². The second kappa shape index (κ2) is 16.3. The van der Waals surface area contributed by atoms with E-state index < -0.39 is 28.5 Å². The molecule has 248 valence electrons. The molecule has 0 aliphatic heterocycles.